The number of likely N-dealkylation sites (N-methyl/N-ethyl adjacent to an activating group) is 1. The maximum atomic E-state index is 10.5. The summed E-state index contributed by atoms with van der Waals surface area (Å²) in [6, 6.07) is 0. The molecule has 44 valence electrons. The molecule has 2 heteroatoms. The molecule has 0 bridgehead atoms. The maximum Gasteiger partial charge on any atom is 0.126 e. The molecule has 0 radical (unpaired) electrons. The topological polar surface area (TPSA) is 27.5 Å². The molecule has 1 N–H and O–H groups in total. The molecule has 1 atom stereocenters. The Labute approximate surface area is 48.7 Å². The summed E-state index contributed by atoms with van der Waals surface area (Å²) < 4.78 is 0. The second-order valence-corrected chi connectivity index (χ2v) is 1.85. The van der Waals surface area contributed by atoms with E-state index in [0.717, 1.165) is 12.1 Å². The van der Waals surface area contributed by atoms with E-state index in [0.29, 0.717) is 0 Å². The van der Waals surface area contributed by atoms with Crippen LogP contribution in [0.5, 0.6) is 0 Å². The van der Waals surface area contributed by atoms with Crippen LogP contribution in [0.4, 0.5) is 0 Å². The van der Waals surface area contributed by atoms with Crippen molar-refractivity contribution in [3.05, 3.63) is 29.1 Å². The summed E-state index contributed by atoms with van der Waals surface area (Å²) in [7, 11) is 1.58. The third kappa shape index (κ3) is 0.967. The highest BCUT2D eigenvalue weighted by molar-refractivity contribution is 5.18. The van der Waals surface area contributed by atoms with Crippen LogP contribution >= 0.6 is 0 Å². The summed E-state index contributed by atoms with van der Waals surface area (Å²) >= 11 is 0. The zero-order valence-corrected chi connectivity index (χ0v) is 4.85. The quantitative estimate of drug-likeness (QED) is 0.468. The van der Waals surface area contributed by atoms with Gasteiger partial charge in [-0.05, 0) is 18.6 Å². The lowest BCUT2D eigenvalue weighted by molar-refractivity contribution is -0.778. The van der Waals surface area contributed by atoms with Gasteiger partial charge in [0.15, 0.2) is 0 Å². The Balaban J connectivity index is 2.58. The summed E-state index contributed by atoms with van der Waals surface area (Å²) in [5.41, 5.74) is 0.852. The summed E-state index contributed by atoms with van der Waals surface area (Å²) in [4.78, 5) is 0. The van der Waals surface area contributed by atoms with Gasteiger partial charge in [0.25, 0.3) is 0 Å². The number of nitrogens with one attached hydrogen (secondary N) is 1. The van der Waals surface area contributed by atoms with Gasteiger partial charge in [0.2, 0.25) is 0 Å². The van der Waals surface area contributed by atoms with Gasteiger partial charge in [-0.15, -0.1) is 0 Å². The Morgan fingerprint density at radius 3 is 2.75 bits per heavy atom. The summed E-state index contributed by atoms with van der Waals surface area (Å²) in [6.45, 7) is 0. The van der Waals surface area contributed by atoms with Crippen LogP contribution in [0, 0.1) is 5.21 Å². The molecule has 0 aromatic rings. The van der Waals surface area contributed by atoms with Gasteiger partial charge >= 0.3 is 0 Å². The van der Waals surface area contributed by atoms with E-state index in [4.69, 9.17) is 0 Å². The summed E-state index contributed by atoms with van der Waals surface area (Å²) in [6.07, 6.45) is 6.70. The average molecular weight is 111 g/mol. The number of rotatable bonds is 1. The molecule has 1 unspecified atom stereocenters. The van der Waals surface area contributed by atoms with E-state index in [1.807, 2.05) is 18.2 Å². The lowest BCUT2D eigenvalue weighted by atomic mass is 10.5. The third-order valence-electron chi connectivity index (χ3n) is 1.18. The fraction of sp³-hybridized carbons (Fsp3) is 0.333. The van der Waals surface area contributed by atoms with Crippen LogP contribution in [-0.4, -0.2) is 7.05 Å². The van der Waals surface area contributed by atoms with E-state index in [1.165, 1.54) is 0 Å². The number of hydrogen-bond donors (Lipinski definition) is 1. The number of allylic oxidation sites excluding steroid dienone is 3. The van der Waals surface area contributed by atoms with Gasteiger partial charge in [-0.25, -0.2) is 0 Å². The van der Waals surface area contributed by atoms with Crippen molar-refractivity contribution in [2.24, 2.45) is 0 Å². The first-order chi connectivity index (χ1) is 3.80. The highest BCUT2D eigenvalue weighted by Crippen LogP contribution is 2.00. The molecule has 0 saturated heterocycles. The van der Waals surface area contributed by atoms with Crippen LogP contribution in [0.15, 0.2) is 23.9 Å². The van der Waals surface area contributed by atoms with Crippen LogP contribution in [0.25, 0.3) is 0 Å². The minimum absolute atomic E-state index is 0.166. The number of hydrogen-bond acceptors (Lipinski definition) is 1. The fourth-order valence-electron chi connectivity index (χ4n) is 0.719. The monoisotopic (exact) mass is 111 g/mol. The predicted octanol–water partition coefficient (Wildman–Crippen LogP) is -0.157. The van der Waals surface area contributed by atoms with Gasteiger partial charge in [-0.2, -0.15) is 0 Å². The zero-order chi connectivity index (χ0) is 5.98. The first-order valence-electron chi connectivity index (χ1n) is 2.68. The molecule has 0 aliphatic heterocycles. The second-order valence-electron chi connectivity index (χ2n) is 1.85. The Morgan fingerprint density at radius 2 is 2.50 bits per heavy atom. The van der Waals surface area contributed by atoms with Crippen molar-refractivity contribution in [3.8, 4) is 0 Å². The van der Waals surface area contributed by atoms with Gasteiger partial charge in [0.1, 0.15) is 5.70 Å². The molecule has 1 rings (SSSR count). The molecule has 2 nitrogen and oxygen atoms in total. The first-order valence-corrected chi connectivity index (χ1v) is 2.68. The van der Waals surface area contributed by atoms with E-state index in [9.17, 15) is 5.21 Å². The lowest BCUT2D eigenvalue weighted by Crippen LogP contribution is -3.01. The van der Waals surface area contributed by atoms with Gasteiger partial charge in [-0.3, -0.25) is 0 Å². The van der Waals surface area contributed by atoms with Gasteiger partial charge in [-0.1, -0.05) is 6.08 Å². The smallest absolute Gasteiger partial charge is 0.126 e. The normalized spacial score (nSPS) is 21.0. The predicted molar refractivity (Wildman–Crippen MR) is 32.1 cm³/mol. The molecule has 0 saturated carbocycles. The van der Waals surface area contributed by atoms with Crippen molar-refractivity contribution < 1.29 is 5.06 Å². The van der Waals surface area contributed by atoms with E-state index < -0.39 is 0 Å². The highest BCUT2D eigenvalue weighted by atomic mass is 16.5. The van der Waals surface area contributed by atoms with Crippen LogP contribution in [0.1, 0.15) is 6.42 Å². The van der Waals surface area contributed by atoms with E-state index in [-0.39, 0.29) is 5.06 Å². The molecular weight excluding hydrogens is 102 g/mol. The summed E-state index contributed by atoms with van der Waals surface area (Å²) in [5, 5.41) is 10.7. The van der Waals surface area contributed by atoms with Crippen molar-refractivity contribution >= 4 is 0 Å². The third-order valence-corrected chi connectivity index (χ3v) is 1.18. The maximum absolute atomic E-state index is 10.5. The molecule has 0 heterocycles. The van der Waals surface area contributed by atoms with E-state index >= 15 is 0 Å². The molecule has 1 aliphatic rings. The minimum atomic E-state index is 0.166. The number of hydroxylamine groups is 2. The van der Waals surface area contributed by atoms with Crippen molar-refractivity contribution in [1.29, 1.82) is 0 Å². The minimum Gasteiger partial charge on any atom is -0.629 e. The van der Waals surface area contributed by atoms with E-state index in [2.05, 4.69) is 0 Å². The lowest BCUT2D eigenvalue weighted by Gasteiger charge is -2.14. The number of quaternary nitrogens is 1. The standard InChI is InChI=1S/C6H9NO/c1-7(8)6-4-2-3-5-6/h2,4-5,7H,3H2,1H3. The molecule has 1 aliphatic carbocycles. The second kappa shape index (κ2) is 2.11. The average Bonchev–Trinajstić information content (AvgIpc) is 2.12. The van der Waals surface area contributed by atoms with Crippen LogP contribution in [0.2, 0.25) is 0 Å². The van der Waals surface area contributed by atoms with Crippen molar-refractivity contribution in [2.75, 3.05) is 7.05 Å². The Morgan fingerprint density at radius 1 is 1.75 bits per heavy atom. The van der Waals surface area contributed by atoms with E-state index in [1.54, 1.807) is 7.05 Å². The van der Waals surface area contributed by atoms with Crippen molar-refractivity contribution in [2.45, 2.75) is 6.42 Å². The Kier molecular flexibility index (Phi) is 1.46. The molecule has 0 spiro atoms. The Bertz CT molecular complexity index is 135. The van der Waals surface area contributed by atoms with Gasteiger partial charge in [0, 0.05) is 0 Å². The van der Waals surface area contributed by atoms with Crippen molar-refractivity contribution in [1.82, 2.24) is 0 Å². The van der Waals surface area contributed by atoms with Gasteiger partial charge < -0.3 is 10.3 Å². The molecule has 0 fully saturated rings. The molecule has 8 heavy (non-hydrogen) atoms. The fourth-order valence-corrected chi connectivity index (χ4v) is 0.719. The summed E-state index contributed by atoms with van der Waals surface area (Å²) in [5.74, 6) is 0. The molecule has 0 aromatic heterocycles. The first kappa shape index (κ1) is 5.54. The zero-order valence-electron chi connectivity index (χ0n) is 4.85. The largest absolute Gasteiger partial charge is 0.629 e. The molecule has 0 amide bonds. The Hall–Kier alpha value is -0.600. The van der Waals surface area contributed by atoms with Crippen LogP contribution in [0.3, 0.4) is 0 Å². The molecular formula is C6H9NO. The van der Waals surface area contributed by atoms with Crippen LogP contribution < -0.4 is 5.06 Å². The van der Waals surface area contributed by atoms with Crippen LogP contribution in [-0.2, 0) is 0 Å². The van der Waals surface area contributed by atoms with Gasteiger partial charge in [0.05, 0.1) is 7.05 Å². The molecule has 0 aromatic carbocycles. The van der Waals surface area contributed by atoms with Crippen molar-refractivity contribution in [3.63, 3.8) is 0 Å². The SMILES string of the molecule is C[NH+]([O-])C1=CCC=C1. The highest BCUT2D eigenvalue weighted by Gasteiger charge is 1.98.